The highest BCUT2D eigenvalue weighted by Gasteiger charge is 2.27. The molecule has 1 aromatic rings. The van der Waals surface area contributed by atoms with E-state index in [1.54, 1.807) is 7.11 Å². The minimum Gasteiger partial charge on any atom is -0.371 e. The maximum absolute atomic E-state index is 5.28. The zero-order valence-electron chi connectivity index (χ0n) is 10.00. The van der Waals surface area contributed by atoms with Crippen LogP contribution in [-0.4, -0.2) is 24.3 Å². The van der Waals surface area contributed by atoms with Gasteiger partial charge in [-0.25, -0.2) is 0 Å². The van der Waals surface area contributed by atoms with E-state index in [1.807, 2.05) is 20.9 Å². The first-order valence-electron chi connectivity index (χ1n) is 5.11. The van der Waals surface area contributed by atoms with E-state index in [4.69, 9.17) is 9.26 Å². The van der Waals surface area contributed by atoms with Gasteiger partial charge in [-0.3, -0.25) is 0 Å². The highest BCUT2D eigenvalue weighted by Crippen LogP contribution is 2.22. The van der Waals surface area contributed by atoms with Crippen molar-refractivity contribution in [3.05, 3.63) is 11.7 Å². The molecule has 0 aliphatic carbocycles. The summed E-state index contributed by atoms with van der Waals surface area (Å²) in [6, 6.07) is 0.110. The van der Waals surface area contributed by atoms with Crippen LogP contribution in [-0.2, 0) is 10.3 Å². The van der Waals surface area contributed by atoms with E-state index in [0.29, 0.717) is 11.7 Å². The zero-order valence-corrected chi connectivity index (χ0v) is 10.00. The first-order chi connectivity index (χ1) is 7.05. The van der Waals surface area contributed by atoms with E-state index in [2.05, 4.69) is 22.4 Å². The largest absolute Gasteiger partial charge is 0.371 e. The van der Waals surface area contributed by atoms with Crippen LogP contribution in [0.3, 0.4) is 0 Å². The fraction of sp³-hybridized carbons (Fsp3) is 0.800. The third-order valence-corrected chi connectivity index (χ3v) is 2.55. The lowest BCUT2D eigenvalue weighted by atomic mass is 10.1. The highest BCUT2D eigenvalue weighted by atomic mass is 16.5. The van der Waals surface area contributed by atoms with Gasteiger partial charge in [-0.05, 0) is 27.3 Å². The summed E-state index contributed by atoms with van der Waals surface area (Å²) >= 11 is 0. The first-order valence-corrected chi connectivity index (χ1v) is 5.11. The average Bonchev–Trinajstić information content (AvgIpc) is 2.70. The third kappa shape index (κ3) is 2.54. The van der Waals surface area contributed by atoms with E-state index < -0.39 is 5.60 Å². The molecule has 1 rings (SSSR count). The Hall–Kier alpha value is -0.940. The molecule has 1 N–H and O–H groups in total. The molecular weight excluding hydrogens is 194 g/mol. The number of hydrogen-bond donors (Lipinski definition) is 1. The van der Waals surface area contributed by atoms with Gasteiger partial charge in [-0.2, -0.15) is 4.98 Å². The Labute approximate surface area is 90.2 Å². The average molecular weight is 213 g/mol. The van der Waals surface area contributed by atoms with Crippen LogP contribution in [0.25, 0.3) is 0 Å². The van der Waals surface area contributed by atoms with Crippen molar-refractivity contribution < 1.29 is 9.26 Å². The molecular formula is C10H19N3O2. The van der Waals surface area contributed by atoms with Gasteiger partial charge in [0.05, 0.1) is 6.04 Å². The molecule has 0 fully saturated rings. The van der Waals surface area contributed by atoms with Gasteiger partial charge in [0.1, 0.15) is 5.60 Å². The number of methoxy groups -OCH3 is 1. The van der Waals surface area contributed by atoms with Crippen LogP contribution in [0.4, 0.5) is 0 Å². The molecule has 15 heavy (non-hydrogen) atoms. The molecule has 0 radical (unpaired) electrons. The molecule has 1 heterocycles. The molecule has 0 bridgehead atoms. The van der Waals surface area contributed by atoms with E-state index in [1.165, 1.54) is 0 Å². The van der Waals surface area contributed by atoms with Crippen molar-refractivity contribution in [2.75, 3.05) is 14.2 Å². The van der Waals surface area contributed by atoms with Crippen molar-refractivity contribution in [2.24, 2.45) is 0 Å². The lowest BCUT2D eigenvalue weighted by Gasteiger charge is -2.17. The van der Waals surface area contributed by atoms with Gasteiger partial charge in [-0.1, -0.05) is 12.1 Å². The van der Waals surface area contributed by atoms with Crippen molar-refractivity contribution >= 4 is 0 Å². The summed E-state index contributed by atoms with van der Waals surface area (Å²) in [5.41, 5.74) is -0.506. The second-order valence-electron chi connectivity index (χ2n) is 3.92. The zero-order chi connectivity index (χ0) is 11.5. The Morgan fingerprint density at radius 2 is 2.20 bits per heavy atom. The Balaban J connectivity index is 2.89. The molecule has 0 aliphatic heterocycles. The third-order valence-electron chi connectivity index (χ3n) is 2.55. The van der Waals surface area contributed by atoms with Crippen LogP contribution in [0.1, 0.15) is 44.9 Å². The number of rotatable bonds is 5. The van der Waals surface area contributed by atoms with Crippen LogP contribution < -0.4 is 5.32 Å². The number of hydrogen-bond acceptors (Lipinski definition) is 5. The molecule has 0 aliphatic rings. The van der Waals surface area contributed by atoms with Crippen molar-refractivity contribution in [2.45, 2.75) is 38.8 Å². The molecule has 1 unspecified atom stereocenters. The molecule has 0 saturated heterocycles. The quantitative estimate of drug-likeness (QED) is 0.805. The van der Waals surface area contributed by atoms with Gasteiger partial charge in [-0.15, -0.1) is 0 Å². The number of nitrogens with zero attached hydrogens (tertiary/aromatic N) is 2. The fourth-order valence-electron chi connectivity index (χ4n) is 1.21. The van der Waals surface area contributed by atoms with Gasteiger partial charge < -0.3 is 14.6 Å². The monoisotopic (exact) mass is 213 g/mol. The van der Waals surface area contributed by atoms with E-state index in [9.17, 15) is 0 Å². The molecule has 0 spiro atoms. The molecule has 5 heteroatoms. The summed E-state index contributed by atoms with van der Waals surface area (Å²) in [5, 5.41) is 7.04. The van der Waals surface area contributed by atoms with Crippen LogP contribution in [0, 0.1) is 0 Å². The Morgan fingerprint density at radius 1 is 1.53 bits per heavy atom. The summed E-state index contributed by atoms with van der Waals surface area (Å²) in [6.45, 7) is 5.87. The van der Waals surface area contributed by atoms with Crippen LogP contribution in [0.5, 0.6) is 0 Å². The predicted molar refractivity (Wildman–Crippen MR) is 56.4 cm³/mol. The molecule has 1 aromatic heterocycles. The fourth-order valence-corrected chi connectivity index (χ4v) is 1.21. The van der Waals surface area contributed by atoms with Gasteiger partial charge >= 0.3 is 0 Å². The van der Waals surface area contributed by atoms with E-state index >= 15 is 0 Å². The number of nitrogens with one attached hydrogen (secondary N) is 1. The summed E-state index contributed by atoms with van der Waals surface area (Å²) < 4.78 is 10.5. The summed E-state index contributed by atoms with van der Waals surface area (Å²) in [4.78, 5) is 4.33. The second kappa shape index (κ2) is 4.72. The standard InChI is InChI=1S/C10H19N3O2/c1-6-7(11-4)8-12-9(13-15-8)10(2,3)14-5/h7,11H,6H2,1-5H3. The minimum atomic E-state index is -0.506. The summed E-state index contributed by atoms with van der Waals surface area (Å²) in [5.74, 6) is 1.19. The molecule has 0 amide bonds. The Kier molecular flexibility index (Phi) is 3.82. The Bertz CT molecular complexity index is 305. The van der Waals surface area contributed by atoms with Gasteiger partial charge in [0.2, 0.25) is 11.7 Å². The second-order valence-corrected chi connectivity index (χ2v) is 3.92. The minimum absolute atomic E-state index is 0.110. The maximum atomic E-state index is 5.28. The van der Waals surface area contributed by atoms with Crippen LogP contribution in [0.15, 0.2) is 4.52 Å². The maximum Gasteiger partial charge on any atom is 0.243 e. The molecule has 1 atom stereocenters. The molecule has 5 nitrogen and oxygen atoms in total. The lowest BCUT2D eigenvalue weighted by Crippen LogP contribution is -2.22. The van der Waals surface area contributed by atoms with Crippen molar-refractivity contribution in [3.63, 3.8) is 0 Å². The predicted octanol–water partition coefficient (Wildman–Crippen LogP) is 1.62. The normalized spacial score (nSPS) is 14.2. The van der Waals surface area contributed by atoms with Crippen molar-refractivity contribution in [1.29, 1.82) is 0 Å². The van der Waals surface area contributed by atoms with Crippen molar-refractivity contribution in [3.8, 4) is 0 Å². The summed E-state index contributed by atoms with van der Waals surface area (Å²) in [6.07, 6.45) is 0.908. The number of aromatic nitrogens is 2. The molecule has 86 valence electrons. The van der Waals surface area contributed by atoms with Crippen LogP contribution >= 0.6 is 0 Å². The van der Waals surface area contributed by atoms with Crippen LogP contribution in [0.2, 0.25) is 0 Å². The molecule has 0 saturated carbocycles. The smallest absolute Gasteiger partial charge is 0.243 e. The topological polar surface area (TPSA) is 60.2 Å². The molecule has 0 aromatic carbocycles. The first kappa shape index (κ1) is 12.1. The lowest BCUT2D eigenvalue weighted by molar-refractivity contribution is 0.00973. The van der Waals surface area contributed by atoms with E-state index in [0.717, 1.165) is 6.42 Å². The number of ether oxygens (including phenoxy) is 1. The summed E-state index contributed by atoms with van der Waals surface area (Å²) in [7, 11) is 3.50. The van der Waals surface area contributed by atoms with Gasteiger partial charge in [0.25, 0.3) is 0 Å². The SMILES string of the molecule is CCC(NC)c1nc(C(C)(C)OC)no1. The Morgan fingerprint density at radius 3 is 2.67 bits per heavy atom. The van der Waals surface area contributed by atoms with Crippen molar-refractivity contribution in [1.82, 2.24) is 15.5 Å². The highest BCUT2D eigenvalue weighted by molar-refractivity contribution is 4.99. The van der Waals surface area contributed by atoms with Gasteiger partial charge in [0, 0.05) is 7.11 Å². The van der Waals surface area contributed by atoms with E-state index in [-0.39, 0.29) is 6.04 Å². The van der Waals surface area contributed by atoms with Gasteiger partial charge in [0.15, 0.2) is 0 Å².